The molecule has 1 saturated heterocycles. The van der Waals surface area contributed by atoms with Gasteiger partial charge in [-0.05, 0) is 38.1 Å². The van der Waals surface area contributed by atoms with Gasteiger partial charge in [0, 0.05) is 18.3 Å². The zero-order valence-electron chi connectivity index (χ0n) is 11.7. The van der Waals surface area contributed by atoms with Crippen LogP contribution in [0, 0.1) is 21.4 Å². The van der Waals surface area contributed by atoms with E-state index in [2.05, 4.69) is 10.6 Å². The van der Waals surface area contributed by atoms with Crippen LogP contribution >= 0.6 is 0 Å². The molecule has 1 fully saturated rings. The lowest BCUT2D eigenvalue weighted by Gasteiger charge is -2.23. The van der Waals surface area contributed by atoms with Crippen molar-refractivity contribution < 1.29 is 9.66 Å². The maximum absolute atomic E-state index is 10.7. The van der Waals surface area contributed by atoms with Gasteiger partial charge in [0.1, 0.15) is 11.6 Å². The molecule has 112 valence electrons. The van der Waals surface area contributed by atoms with Crippen molar-refractivity contribution in [2.24, 2.45) is 0 Å². The summed E-state index contributed by atoms with van der Waals surface area (Å²) in [4.78, 5) is 10.2. The third-order valence-electron chi connectivity index (χ3n) is 3.38. The molecule has 1 aliphatic heterocycles. The Balaban J connectivity index is 1.80. The molecule has 0 aromatic heterocycles. The van der Waals surface area contributed by atoms with Gasteiger partial charge in [-0.1, -0.05) is 0 Å². The average molecular weight is 290 g/mol. The van der Waals surface area contributed by atoms with Gasteiger partial charge in [0.15, 0.2) is 0 Å². The molecule has 2 N–H and O–H groups in total. The van der Waals surface area contributed by atoms with Crippen LogP contribution in [0.2, 0.25) is 0 Å². The molecular formula is C14H18N4O3. The Morgan fingerprint density at radius 2 is 2.24 bits per heavy atom. The van der Waals surface area contributed by atoms with Crippen LogP contribution in [0.4, 0.5) is 11.4 Å². The minimum atomic E-state index is -0.553. The fraction of sp³-hybridized carbons (Fsp3) is 0.500. The highest BCUT2D eigenvalue weighted by molar-refractivity contribution is 5.58. The van der Waals surface area contributed by atoms with Crippen LogP contribution in [-0.4, -0.2) is 37.3 Å². The number of nitrogens with one attached hydrogen (secondary N) is 2. The number of nitrogens with zero attached hydrogens (tertiary/aromatic N) is 2. The Morgan fingerprint density at radius 1 is 1.48 bits per heavy atom. The van der Waals surface area contributed by atoms with Gasteiger partial charge in [0.25, 0.3) is 5.69 Å². The molecule has 0 saturated carbocycles. The number of nitro benzene ring substituents is 1. The maximum atomic E-state index is 10.7. The molecule has 21 heavy (non-hydrogen) atoms. The second-order valence-corrected chi connectivity index (χ2v) is 4.85. The normalized spacial score (nSPS) is 15.4. The summed E-state index contributed by atoms with van der Waals surface area (Å²) in [5.41, 5.74) is 0.573. The fourth-order valence-corrected chi connectivity index (χ4v) is 2.28. The van der Waals surface area contributed by atoms with Crippen LogP contribution in [0.3, 0.4) is 0 Å². The highest BCUT2D eigenvalue weighted by atomic mass is 16.6. The first-order valence-electron chi connectivity index (χ1n) is 6.95. The van der Waals surface area contributed by atoms with Gasteiger partial charge in [-0.15, -0.1) is 0 Å². The Labute approximate surface area is 123 Å². The summed E-state index contributed by atoms with van der Waals surface area (Å²) in [6, 6.07) is 6.27. The third kappa shape index (κ3) is 4.41. The van der Waals surface area contributed by atoms with E-state index in [1.807, 2.05) is 6.07 Å². The summed E-state index contributed by atoms with van der Waals surface area (Å²) >= 11 is 0. The summed E-state index contributed by atoms with van der Waals surface area (Å²) in [6.45, 7) is 3.16. The van der Waals surface area contributed by atoms with Crippen molar-refractivity contribution in [3.8, 4) is 6.07 Å². The minimum Gasteiger partial charge on any atom is -0.383 e. The lowest BCUT2D eigenvalue weighted by molar-refractivity contribution is -0.385. The third-order valence-corrected chi connectivity index (χ3v) is 3.38. The van der Waals surface area contributed by atoms with E-state index in [0.717, 1.165) is 25.9 Å². The summed E-state index contributed by atoms with van der Waals surface area (Å²) in [6.07, 6.45) is 2.35. The molecule has 1 aromatic carbocycles. The van der Waals surface area contributed by atoms with Gasteiger partial charge in [0.2, 0.25) is 0 Å². The molecule has 1 aromatic rings. The number of hydrogen-bond acceptors (Lipinski definition) is 6. The summed E-state index contributed by atoms with van der Waals surface area (Å²) in [5.74, 6) is 0. The van der Waals surface area contributed by atoms with Gasteiger partial charge >= 0.3 is 0 Å². The van der Waals surface area contributed by atoms with E-state index in [0.29, 0.717) is 24.9 Å². The van der Waals surface area contributed by atoms with Gasteiger partial charge in [-0.25, -0.2) is 0 Å². The van der Waals surface area contributed by atoms with Crippen LogP contribution in [-0.2, 0) is 4.74 Å². The summed E-state index contributed by atoms with van der Waals surface area (Å²) in [5, 5.41) is 26.0. The van der Waals surface area contributed by atoms with Gasteiger partial charge in [-0.2, -0.15) is 5.26 Å². The zero-order valence-corrected chi connectivity index (χ0v) is 11.7. The molecule has 0 bridgehead atoms. The highest BCUT2D eigenvalue weighted by Crippen LogP contribution is 2.21. The lowest BCUT2D eigenvalue weighted by Crippen LogP contribution is -2.33. The molecule has 0 aliphatic carbocycles. The topological polar surface area (TPSA) is 100 Å². The summed E-state index contributed by atoms with van der Waals surface area (Å²) < 4.78 is 5.75. The molecule has 2 rings (SSSR count). The van der Waals surface area contributed by atoms with Crippen LogP contribution < -0.4 is 10.6 Å². The first kappa shape index (κ1) is 15.2. The molecule has 1 heterocycles. The van der Waals surface area contributed by atoms with E-state index >= 15 is 0 Å². The van der Waals surface area contributed by atoms with Gasteiger partial charge in [0.05, 0.1) is 17.6 Å². The highest BCUT2D eigenvalue weighted by Gasteiger charge is 2.14. The quantitative estimate of drug-likeness (QED) is 0.469. The Bertz CT molecular complexity index is 536. The standard InChI is InChI=1S/C14H18N4O3/c15-10-11-9-12(1-2-14(11)18(19)20)17-7-8-21-13-3-5-16-6-4-13/h1-2,9,13,16-17H,3-8H2. The molecule has 7 nitrogen and oxygen atoms in total. The largest absolute Gasteiger partial charge is 0.383 e. The van der Waals surface area contributed by atoms with E-state index < -0.39 is 4.92 Å². The number of ether oxygens (including phenoxy) is 1. The van der Waals surface area contributed by atoms with Gasteiger partial charge < -0.3 is 15.4 Å². The first-order chi connectivity index (χ1) is 10.2. The van der Waals surface area contributed by atoms with Crippen LogP contribution in [0.15, 0.2) is 18.2 Å². The lowest BCUT2D eigenvalue weighted by atomic mass is 10.1. The zero-order chi connectivity index (χ0) is 15.1. The smallest absolute Gasteiger partial charge is 0.287 e. The van der Waals surface area contributed by atoms with E-state index in [9.17, 15) is 10.1 Å². The Morgan fingerprint density at radius 3 is 2.90 bits per heavy atom. The number of piperidine rings is 1. The average Bonchev–Trinajstić information content (AvgIpc) is 2.52. The molecule has 0 spiro atoms. The number of benzene rings is 1. The number of nitriles is 1. The number of rotatable bonds is 6. The predicted octanol–water partition coefficient (Wildman–Crippen LogP) is 1.65. The van der Waals surface area contributed by atoms with Crippen molar-refractivity contribution >= 4 is 11.4 Å². The number of hydrogen-bond donors (Lipinski definition) is 2. The van der Waals surface area contributed by atoms with E-state index in [-0.39, 0.29) is 11.3 Å². The SMILES string of the molecule is N#Cc1cc(NCCOC2CCNCC2)ccc1[N+](=O)[O-]. The predicted molar refractivity (Wildman–Crippen MR) is 78.1 cm³/mol. The summed E-state index contributed by atoms with van der Waals surface area (Å²) in [7, 11) is 0. The molecule has 0 atom stereocenters. The molecule has 0 radical (unpaired) electrons. The van der Waals surface area contributed by atoms with Gasteiger partial charge in [-0.3, -0.25) is 10.1 Å². The monoisotopic (exact) mass is 290 g/mol. The number of anilines is 1. The molecule has 7 heteroatoms. The fourth-order valence-electron chi connectivity index (χ4n) is 2.28. The first-order valence-corrected chi connectivity index (χ1v) is 6.95. The number of nitro groups is 1. The molecule has 0 amide bonds. The van der Waals surface area contributed by atoms with Crippen LogP contribution in [0.25, 0.3) is 0 Å². The van der Waals surface area contributed by atoms with Crippen molar-refractivity contribution in [2.75, 3.05) is 31.6 Å². The van der Waals surface area contributed by atoms with Crippen molar-refractivity contribution in [3.63, 3.8) is 0 Å². The van der Waals surface area contributed by atoms with E-state index in [1.165, 1.54) is 12.1 Å². The van der Waals surface area contributed by atoms with Crippen LogP contribution in [0.1, 0.15) is 18.4 Å². The minimum absolute atomic E-state index is 0.0595. The van der Waals surface area contributed by atoms with Crippen molar-refractivity contribution in [2.45, 2.75) is 18.9 Å². The maximum Gasteiger partial charge on any atom is 0.287 e. The molecule has 0 unspecified atom stereocenters. The molecule has 1 aliphatic rings. The van der Waals surface area contributed by atoms with Crippen molar-refractivity contribution in [1.29, 1.82) is 5.26 Å². The second-order valence-electron chi connectivity index (χ2n) is 4.85. The Hall–Kier alpha value is -2.17. The van der Waals surface area contributed by atoms with Crippen molar-refractivity contribution in [3.05, 3.63) is 33.9 Å². The molecular weight excluding hydrogens is 272 g/mol. The van der Waals surface area contributed by atoms with Crippen LogP contribution in [0.5, 0.6) is 0 Å². The van der Waals surface area contributed by atoms with Crippen molar-refractivity contribution in [1.82, 2.24) is 5.32 Å². The second kappa shape index (κ2) is 7.57. The van der Waals surface area contributed by atoms with E-state index in [1.54, 1.807) is 6.07 Å². The Kier molecular flexibility index (Phi) is 5.49. The van der Waals surface area contributed by atoms with E-state index in [4.69, 9.17) is 10.00 Å².